The van der Waals surface area contributed by atoms with Gasteiger partial charge in [0, 0.05) is 29.9 Å². The van der Waals surface area contributed by atoms with Crippen LogP contribution in [0.25, 0.3) is 11.5 Å². The van der Waals surface area contributed by atoms with Crippen molar-refractivity contribution in [2.75, 3.05) is 11.9 Å². The van der Waals surface area contributed by atoms with Gasteiger partial charge in [-0.2, -0.15) is 4.98 Å². The predicted molar refractivity (Wildman–Crippen MR) is 83.4 cm³/mol. The van der Waals surface area contributed by atoms with Crippen molar-refractivity contribution in [2.24, 2.45) is 0 Å². The third kappa shape index (κ3) is 3.46. The van der Waals surface area contributed by atoms with E-state index in [2.05, 4.69) is 25.4 Å². The van der Waals surface area contributed by atoms with Gasteiger partial charge in [0.2, 0.25) is 5.95 Å². The van der Waals surface area contributed by atoms with E-state index >= 15 is 0 Å². The van der Waals surface area contributed by atoms with Gasteiger partial charge in [0.1, 0.15) is 0 Å². The van der Waals surface area contributed by atoms with Crippen LogP contribution < -0.4 is 5.32 Å². The zero-order chi connectivity index (χ0) is 15.4. The molecule has 3 aromatic rings. The summed E-state index contributed by atoms with van der Waals surface area (Å²) in [5.41, 5.74) is 2.81. The molecule has 112 valence electrons. The third-order valence-corrected chi connectivity index (χ3v) is 3.10. The second kappa shape index (κ2) is 6.34. The fourth-order valence-corrected chi connectivity index (χ4v) is 2.14. The zero-order valence-electron chi connectivity index (χ0n) is 12.6. The number of hydrogen-bond donors (Lipinski definition) is 1. The zero-order valence-corrected chi connectivity index (χ0v) is 12.6. The van der Waals surface area contributed by atoms with Crippen molar-refractivity contribution in [3.63, 3.8) is 0 Å². The lowest BCUT2D eigenvalue weighted by molar-refractivity contribution is 0.423. The van der Waals surface area contributed by atoms with E-state index in [0.717, 1.165) is 17.0 Å². The minimum Gasteiger partial charge on any atom is -0.354 e. The van der Waals surface area contributed by atoms with Crippen LogP contribution in [0, 0.1) is 13.8 Å². The number of aryl methyl sites for hydroxylation is 2. The molecule has 0 fully saturated rings. The van der Waals surface area contributed by atoms with Gasteiger partial charge >= 0.3 is 0 Å². The van der Waals surface area contributed by atoms with Crippen LogP contribution in [-0.2, 0) is 6.42 Å². The SMILES string of the molecule is Cc1cc(C)nc(NCCc2noc(-c3ccccc3)n2)n1. The highest BCUT2D eigenvalue weighted by Crippen LogP contribution is 2.16. The summed E-state index contributed by atoms with van der Waals surface area (Å²) >= 11 is 0. The van der Waals surface area contributed by atoms with Crippen LogP contribution in [0.4, 0.5) is 5.95 Å². The molecule has 0 unspecified atom stereocenters. The highest BCUT2D eigenvalue weighted by atomic mass is 16.5. The molecule has 0 radical (unpaired) electrons. The molecule has 1 aromatic carbocycles. The highest BCUT2D eigenvalue weighted by molar-refractivity contribution is 5.51. The van der Waals surface area contributed by atoms with Crippen molar-refractivity contribution in [3.8, 4) is 11.5 Å². The molecule has 0 bridgehead atoms. The average Bonchev–Trinajstić information content (AvgIpc) is 2.96. The Kier molecular flexibility index (Phi) is 4.09. The quantitative estimate of drug-likeness (QED) is 0.780. The van der Waals surface area contributed by atoms with Crippen molar-refractivity contribution < 1.29 is 4.52 Å². The molecule has 0 spiro atoms. The van der Waals surface area contributed by atoms with Crippen LogP contribution in [0.1, 0.15) is 17.2 Å². The Labute approximate surface area is 128 Å². The average molecular weight is 295 g/mol. The molecule has 2 heterocycles. The van der Waals surface area contributed by atoms with E-state index < -0.39 is 0 Å². The molecule has 0 amide bonds. The van der Waals surface area contributed by atoms with Gasteiger partial charge in [0.15, 0.2) is 5.82 Å². The van der Waals surface area contributed by atoms with E-state index in [0.29, 0.717) is 30.6 Å². The summed E-state index contributed by atoms with van der Waals surface area (Å²) in [5, 5.41) is 7.17. The van der Waals surface area contributed by atoms with E-state index in [9.17, 15) is 0 Å². The molecule has 1 N–H and O–H groups in total. The van der Waals surface area contributed by atoms with Crippen LogP contribution in [-0.4, -0.2) is 26.7 Å². The molecule has 0 saturated heterocycles. The second-order valence-corrected chi connectivity index (χ2v) is 5.03. The molecule has 0 aliphatic rings. The van der Waals surface area contributed by atoms with Crippen LogP contribution in [0.15, 0.2) is 40.9 Å². The van der Waals surface area contributed by atoms with Crippen molar-refractivity contribution in [1.82, 2.24) is 20.1 Å². The molecular weight excluding hydrogens is 278 g/mol. The molecular formula is C16H17N5O. The monoisotopic (exact) mass is 295 g/mol. The smallest absolute Gasteiger partial charge is 0.257 e. The lowest BCUT2D eigenvalue weighted by Crippen LogP contribution is -2.09. The summed E-state index contributed by atoms with van der Waals surface area (Å²) < 4.78 is 5.27. The molecule has 0 aliphatic carbocycles. The number of anilines is 1. The molecule has 6 heteroatoms. The molecule has 3 rings (SSSR count). The summed E-state index contributed by atoms with van der Waals surface area (Å²) in [7, 11) is 0. The fourth-order valence-electron chi connectivity index (χ4n) is 2.14. The maximum atomic E-state index is 5.27. The van der Waals surface area contributed by atoms with E-state index in [4.69, 9.17) is 4.52 Å². The Morgan fingerprint density at radius 2 is 1.73 bits per heavy atom. The Bertz CT molecular complexity index is 734. The Morgan fingerprint density at radius 1 is 1.00 bits per heavy atom. The maximum Gasteiger partial charge on any atom is 0.257 e. The van der Waals surface area contributed by atoms with Gasteiger partial charge in [0.05, 0.1) is 0 Å². The summed E-state index contributed by atoms with van der Waals surface area (Å²) in [4.78, 5) is 13.1. The van der Waals surface area contributed by atoms with Crippen molar-refractivity contribution in [2.45, 2.75) is 20.3 Å². The molecule has 0 saturated carbocycles. The van der Waals surface area contributed by atoms with Gasteiger partial charge in [-0.3, -0.25) is 0 Å². The topological polar surface area (TPSA) is 76.7 Å². The summed E-state index contributed by atoms with van der Waals surface area (Å²) in [6.45, 7) is 4.55. The number of benzene rings is 1. The van der Waals surface area contributed by atoms with Crippen molar-refractivity contribution in [3.05, 3.63) is 53.6 Å². The summed E-state index contributed by atoms with van der Waals surface area (Å²) in [6.07, 6.45) is 0.646. The second-order valence-electron chi connectivity index (χ2n) is 5.03. The predicted octanol–water partition coefficient (Wildman–Crippen LogP) is 2.80. The lowest BCUT2D eigenvalue weighted by atomic mass is 10.2. The lowest BCUT2D eigenvalue weighted by Gasteiger charge is -2.04. The van der Waals surface area contributed by atoms with Gasteiger partial charge in [0.25, 0.3) is 5.89 Å². The van der Waals surface area contributed by atoms with Crippen LogP contribution in [0.2, 0.25) is 0 Å². The fraction of sp³-hybridized carbons (Fsp3) is 0.250. The highest BCUT2D eigenvalue weighted by Gasteiger charge is 2.08. The third-order valence-electron chi connectivity index (χ3n) is 3.10. The Morgan fingerprint density at radius 3 is 2.45 bits per heavy atom. The molecule has 2 aromatic heterocycles. The number of nitrogens with one attached hydrogen (secondary N) is 1. The van der Waals surface area contributed by atoms with Gasteiger partial charge < -0.3 is 9.84 Å². The number of nitrogens with zero attached hydrogens (tertiary/aromatic N) is 4. The number of hydrogen-bond acceptors (Lipinski definition) is 6. The standard InChI is InChI=1S/C16H17N5O/c1-11-10-12(2)19-16(18-11)17-9-8-14-20-15(22-21-14)13-6-4-3-5-7-13/h3-7,10H,8-9H2,1-2H3,(H,17,18,19). The van der Waals surface area contributed by atoms with Crippen molar-refractivity contribution in [1.29, 1.82) is 0 Å². The van der Waals surface area contributed by atoms with E-state index in [1.54, 1.807) is 0 Å². The summed E-state index contributed by atoms with van der Waals surface area (Å²) in [6, 6.07) is 11.7. The Hall–Kier alpha value is -2.76. The van der Waals surface area contributed by atoms with Gasteiger partial charge in [-0.15, -0.1) is 0 Å². The Balaban J connectivity index is 1.59. The first-order valence-corrected chi connectivity index (χ1v) is 7.15. The normalized spacial score (nSPS) is 10.6. The molecule has 0 atom stereocenters. The maximum absolute atomic E-state index is 5.27. The first-order valence-electron chi connectivity index (χ1n) is 7.15. The largest absolute Gasteiger partial charge is 0.354 e. The van der Waals surface area contributed by atoms with E-state index in [-0.39, 0.29) is 0 Å². The number of aromatic nitrogens is 4. The number of rotatable bonds is 5. The molecule has 0 aliphatic heterocycles. The molecule has 22 heavy (non-hydrogen) atoms. The first kappa shape index (κ1) is 14.2. The van der Waals surface area contributed by atoms with Gasteiger partial charge in [-0.05, 0) is 32.0 Å². The van der Waals surface area contributed by atoms with Crippen LogP contribution >= 0.6 is 0 Å². The van der Waals surface area contributed by atoms with E-state index in [1.807, 2.05) is 50.2 Å². The first-order chi connectivity index (χ1) is 10.7. The van der Waals surface area contributed by atoms with Gasteiger partial charge in [-0.25, -0.2) is 9.97 Å². The minimum absolute atomic E-state index is 0.540. The van der Waals surface area contributed by atoms with Crippen LogP contribution in [0.3, 0.4) is 0 Å². The van der Waals surface area contributed by atoms with Crippen molar-refractivity contribution >= 4 is 5.95 Å². The molecule has 6 nitrogen and oxygen atoms in total. The van der Waals surface area contributed by atoms with Gasteiger partial charge in [-0.1, -0.05) is 23.4 Å². The van der Waals surface area contributed by atoms with E-state index in [1.165, 1.54) is 0 Å². The van der Waals surface area contributed by atoms with Crippen LogP contribution in [0.5, 0.6) is 0 Å². The minimum atomic E-state index is 0.540. The summed E-state index contributed by atoms with van der Waals surface area (Å²) in [5.74, 6) is 1.83.